The number of para-hydroxylation sites is 1. The van der Waals surface area contributed by atoms with Crippen molar-refractivity contribution in [3.8, 4) is 16.2 Å². The van der Waals surface area contributed by atoms with E-state index in [-0.39, 0.29) is 5.91 Å². The Morgan fingerprint density at radius 2 is 1.83 bits per heavy atom. The molecule has 192 valence electrons. The Morgan fingerprint density at radius 1 is 1.11 bits per heavy atom. The number of aryl methyl sites for hydroxylation is 1. The summed E-state index contributed by atoms with van der Waals surface area (Å²) in [7, 11) is 0. The number of aliphatic hydroxyl groups is 1. The number of carbonyl (C=O) groups is 2. The van der Waals surface area contributed by atoms with Gasteiger partial charge in [-0.3, -0.25) is 9.59 Å². The Morgan fingerprint density at radius 3 is 2.50 bits per heavy atom. The van der Waals surface area contributed by atoms with Gasteiger partial charge in [0.05, 0.1) is 4.88 Å². The van der Waals surface area contributed by atoms with E-state index in [1.54, 1.807) is 27.0 Å². The molecule has 0 bridgehead atoms. The lowest BCUT2D eigenvalue weighted by molar-refractivity contribution is -0.137. The summed E-state index contributed by atoms with van der Waals surface area (Å²) in [4.78, 5) is 30.7. The molecule has 3 N–H and O–H groups in total. The molecule has 2 atom stereocenters. The quantitative estimate of drug-likeness (QED) is 0.343. The van der Waals surface area contributed by atoms with Gasteiger partial charge in [-0.05, 0) is 42.0 Å². The molecule has 0 spiro atoms. The monoisotopic (exact) mass is 509 g/mol. The summed E-state index contributed by atoms with van der Waals surface area (Å²) < 4.78 is 5.97. The maximum atomic E-state index is 13.0. The van der Waals surface area contributed by atoms with Crippen molar-refractivity contribution in [3.05, 3.63) is 65.9 Å². The van der Waals surface area contributed by atoms with Crippen LogP contribution >= 0.6 is 11.3 Å². The molecule has 0 fully saturated rings. The summed E-state index contributed by atoms with van der Waals surface area (Å²) in [5, 5.41) is 16.2. The molecule has 2 amide bonds. The molecule has 0 aliphatic rings. The third kappa shape index (κ3) is 7.38. The second-order valence-electron chi connectivity index (χ2n) is 9.90. The number of carbonyl (C=O) groups excluding carboxylic acids is 2. The molecule has 2 aromatic carbocycles. The topological polar surface area (TPSA) is 101 Å². The summed E-state index contributed by atoms with van der Waals surface area (Å²) in [6.07, 6.45) is 1.66. The maximum absolute atomic E-state index is 13.0. The van der Waals surface area contributed by atoms with Crippen LogP contribution in [-0.2, 0) is 16.2 Å². The molecule has 0 aliphatic heterocycles. The summed E-state index contributed by atoms with van der Waals surface area (Å²) >= 11 is 1.36. The number of nitrogens with zero attached hydrogens (tertiary/aromatic N) is 1. The van der Waals surface area contributed by atoms with E-state index in [0.29, 0.717) is 24.6 Å². The zero-order chi connectivity index (χ0) is 26.3. The number of nitrogens with one attached hydrogen (secondary N) is 2. The smallest absolute Gasteiger partial charge is 0.250 e. The molecule has 3 rings (SSSR count). The number of anilines is 1. The van der Waals surface area contributed by atoms with Crippen LogP contribution in [-0.4, -0.2) is 34.1 Å². The zero-order valence-electron chi connectivity index (χ0n) is 21.5. The van der Waals surface area contributed by atoms with Crippen molar-refractivity contribution in [3.63, 3.8) is 0 Å². The largest absolute Gasteiger partial charge is 0.489 e. The van der Waals surface area contributed by atoms with Crippen LogP contribution in [0, 0.1) is 12.3 Å². The highest BCUT2D eigenvalue weighted by Gasteiger charge is 2.32. The van der Waals surface area contributed by atoms with Crippen LogP contribution in [0.15, 0.2) is 54.7 Å². The first kappa shape index (κ1) is 27.4. The van der Waals surface area contributed by atoms with Crippen LogP contribution in [0.4, 0.5) is 5.13 Å². The fourth-order valence-electron chi connectivity index (χ4n) is 3.61. The number of hydrogen-bond donors (Lipinski definition) is 3. The standard InChI is InChI=1S/C28H35N3O4S/c1-6-10-22(30-26(34)24(32)28(3,4)5)25(33)31-27-29-16-23(36-27)21-14-13-18(2)15-19(21)17-35-20-11-8-7-9-12-20/h7-9,11-16,22,24,32H,6,10,17H2,1-5H3,(H,30,34)(H,29,31,33)/t22-,24+/m0/s1. The van der Waals surface area contributed by atoms with Crippen LogP contribution in [0.1, 0.15) is 51.7 Å². The van der Waals surface area contributed by atoms with E-state index in [2.05, 4.69) is 21.7 Å². The van der Waals surface area contributed by atoms with Crippen molar-refractivity contribution in [2.45, 2.75) is 66.2 Å². The Balaban J connectivity index is 1.72. The second-order valence-corrected chi connectivity index (χ2v) is 10.9. The number of thiazole rings is 1. The van der Waals surface area contributed by atoms with E-state index in [1.165, 1.54) is 11.3 Å². The number of ether oxygens (including phenoxy) is 1. The average molecular weight is 510 g/mol. The number of aliphatic hydroxyl groups excluding tert-OH is 1. The van der Waals surface area contributed by atoms with E-state index in [1.807, 2.05) is 56.3 Å². The van der Waals surface area contributed by atoms with Gasteiger partial charge in [0.1, 0.15) is 24.5 Å². The molecule has 0 radical (unpaired) electrons. The fraction of sp³-hybridized carbons (Fsp3) is 0.393. The fourth-order valence-corrected chi connectivity index (χ4v) is 4.49. The first-order chi connectivity index (χ1) is 17.1. The SMILES string of the molecule is CCC[C@H](NC(=O)[C@@H](O)C(C)(C)C)C(=O)Nc1ncc(-c2ccc(C)cc2COc2ccccc2)s1. The van der Waals surface area contributed by atoms with Crippen LogP contribution < -0.4 is 15.4 Å². The van der Waals surface area contributed by atoms with E-state index in [9.17, 15) is 14.7 Å². The first-order valence-corrected chi connectivity index (χ1v) is 12.9. The van der Waals surface area contributed by atoms with Crippen LogP contribution in [0.25, 0.3) is 10.4 Å². The third-order valence-corrected chi connectivity index (χ3v) is 6.62. The van der Waals surface area contributed by atoms with E-state index in [0.717, 1.165) is 27.3 Å². The number of benzene rings is 2. The highest BCUT2D eigenvalue weighted by molar-refractivity contribution is 7.19. The minimum atomic E-state index is -1.21. The van der Waals surface area contributed by atoms with Gasteiger partial charge in [-0.1, -0.05) is 87.4 Å². The molecular weight excluding hydrogens is 474 g/mol. The van der Waals surface area contributed by atoms with Gasteiger partial charge in [-0.25, -0.2) is 4.98 Å². The molecule has 1 heterocycles. The van der Waals surface area contributed by atoms with E-state index in [4.69, 9.17) is 4.74 Å². The molecule has 7 nitrogen and oxygen atoms in total. The van der Waals surface area contributed by atoms with Gasteiger partial charge >= 0.3 is 0 Å². The lowest BCUT2D eigenvalue weighted by Gasteiger charge is -2.26. The summed E-state index contributed by atoms with van der Waals surface area (Å²) in [6.45, 7) is 9.69. The molecule has 0 unspecified atom stereocenters. The Kier molecular flexibility index (Phi) is 9.23. The molecular formula is C28H35N3O4S. The second kappa shape index (κ2) is 12.1. The molecule has 0 aliphatic carbocycles. The molecule has 3 aromatic rings. The molecule has 0 saturated heterocycles. The third-order valence-electron chi connectivity index (χ3n) is 5.68. The predicted octanol–water partition coefficient (Wildman–Crippen LogP) is 5.33. The zero-order valence-corrected chi connectivity index (χ0v) is 22.3. The van der Waals surface area contributed by atoms with Gasteiger partial charge in [0, 0.05) is 6.20 Å². The normalized spacial score (nSPS) is 13.1. The van der Waals surface area contributed by atoms with Gasteiger partial charge < -0.3 is 20.5 Å². The van der Waals surface area contributed by atoms with Crippen LogP contribution in [0.3, 0.4) is 0 Å². The summed E-state index contributed by atoms with van der Waals surface area (Å²) in [6, 6.07) is 15.0. The van der Waals surface area contributed by atoms with Crippen molar-refractivity contribution in [2.75, 3.05) is 5.32 Å². The van der Waals surface area contributed by atoms with E-state index >= 15 is 0 Å². The minimum absolute atomic E-state index is 0.358. The van der Waals surface area contributed by atoms with Crippen molar-refractivity contribution in [2.24, 2.45) is 5.41 Å². The lowest BCUT2D eigenvalue weighted by Crippen LogP contribution is -2.50. The van der Waals surface area contributed by atoms with Gasteiger partial charge in [0.15, 0.2) is 5.13 Å². The molecule has 36 heavy (non-hydrogen) atoms. The molecule has 8 heteroatoms. The van der Waals surface area contributed by atoms with Gasteiger partial charge in [0.2, 0.25) is 11.8 Å². The number of hydrogen-bond acceptors (Lipinski definition) is 6. The molecule has 1 aromatic heterocycles. The Hall–Kier alpha value is -3.23. The number of aromatic nitrogens is 1. The summed E-state index contributed by atoms with van der Waals surface area (Å²) in [5.41, 5.74) is 2.50. The van der Waals surface area contributed by atoms with Crippen molar-refractivity contribution < 1.29 is 19.4 Å². The molecule has 0 saturated carbocycles. The van der Waals surface area contributed by atoms with Gasteiger partial charge in [-0.2, -0.15) is 0 Å². The van der Waals surface area contributed by atoms with Crippen molar-refractivity contribution in [1.29, 1.82) is 0 Å². The van der Waals surface area contributed by atoms with Crippen LogP contribution in [0.2, 0.25) is 0 Å². The number of amides is 2. The Bertz CT molecular complexity index is 1170. The van der Waals surface area contributed by atoms with E-state index < -0.39 is 23.5 Å². The highest BCUT2D eigenvalue weighted by Crippen LogP contribution is 2.33. The van der Waals surface area contributed by atoms with Crippen molar-refractivity contribution >= 4 is 28.3 Å². The van der Waals surface area contributed by atoms with Crippen molar-refractivity contribution in [1.82, 2.24) is 10.3 Å². The van der Waals surface area contributed by atoms with Crippen LogP contribution in [0.5, 0.6) is 5.75 Å². The predicted molar refractivity (Wildman–Crippen MR) is 144 cm³/mol. The Labute approximate surface area is 216 Å². The van der Waals surface area contributed by atoms with Gasteiger partial charge in [-0.15, -0.1) is 0 Å². The minimum Gasteiger partial charge on any atom is -0.489 e. The first-order valence-electron chi connectivity index (χ1n) is 12.1. The summed E-state index contributed by atoms with van der Waals surface area (Å²) in [5.74, 6) is -0.120. The average Bonchev–Trinajstić information content (AvgIpc) is 3.30. The van der Waals surface area contributed by atoms with Gasteiger partial charge in [0.25, 0.3) is 0 Å². The lowest BCUT2D eigenvalue weighted by atomic mass is 9.88. The maximum Gasteiger partial charge on any atom is 0.250 e. The number of rotatable bonds is 10. The highest BCUT2D eigenvalue weighted by atomic mass is 32.1.